The third-order valence-corrected chi connectivity index (χ3v) is 5.35. The number of benzene rings is 4. The molecule has 1 aliphatic rings. The lowest BCUT2D eigenvalue weighted by atomic mass is 9.89. The highest BCUT2D eigenvalue weighted by atomic mass is 16.1. The number of carbonyl (C=O) groups excluding carboxylic acids is 1. The largest absolute Gasteiger partial charge is 0.377 e. The standard InChI is InChI=1S/C25H19NO/c27-24-16-23(20-12-10-18(11-13-20)17-6-2-1-3-7-17)26-22-15-14-19-8-4-5-9-21(19)25(22)24/h1-15,23,26H,16H2/t23-/m0/s1. The van der Waals surface area contributed by atoms with Gasteiger partial charge < -0.3 is 5.32 Å². The summed E-state index contributed by atoms with van der Waals surface area (Å²) in [6, 6.07) is 31.0. The number of hydrogen-bond acceptors (Lipinski definition) is 2. The Morgan fingerprint density at radius 3 is 2.22 bits per heavy atom. The quantitative estimate of drug-likeness (QED) is 0.464. The van der Waals surface area contributed by atoms with Crippen molar-refractivity contribution in [2.45, 2.75) is 12.5 Å². The Labute approximate surface area is 158 Å². The number of hydrogen-bond donors (Lipinski definition) is 1. The molecule has 0 amide bonds. The van der Waals surface area contributed by atoms with Gasteiger partial charge in [0.25, 0.3) is 0 Å². The van der Waals surface area contributed by atoms with E-state index in [1.807, 2.05) is 42.5 Å². The van der Waals surface area contributed by atoms with Gasteiger partial charge in [0.2, 0.25) is 0 Å². The SMILES string of the molecule is O=C1C[C@@H](c2ccc(-c3ccccc3)cc2)Nc2ccc3ccccc3c21. The zero-order valence-electron chi connectivity index (χ0n) is 14.9. The monoisotopic (exact) mass is 349 g/mol. The van der Waals surface area contributed by atoms with Crippen LogP contribution >= 0.6 is 0 Å². The molecule has 130 valence electrons. The number of Topliss-reactive ketones (excluding diaryl/α,β-unsaturated/α-hetero) is 1. The van der Waals surface area contributed by atoms with Crippen molar-refractivity contribution >= 4 is 22.2 Å². The van der Waals surface area contributed by atoms with Gasteiger partial charge in [0.15, 0.2) is 5.78 Å². The third kappa shape index (κ3) is 2.80. The molecule has 4 aromatic carbocycles. The van der Waals surface area contributed by atoms with Crippen molar-refractivity contribution in [1.82, 2.24) is 0 Å². The second-order valence-corrected chi connectivity index (χ2v) is 7.02. The second-order valence-electron chi connectivity index (χ2n) is 7.02. The van der Waals surface area contributed by atoms with Crippen LogP contribution in [0.2, 0.25) is 0 Å². The van der Waals surface area contributed by atoms with Crippen LogP contribution in [0.4, 0.5) is 5.69 Å². The second kappa shape index (κ2) is 6.40. The van der Waals surface area contributed by atoms with E-state index in [9.17, 15) is 4.79 Å². The zero-order valence-corrected chi connectivity index (χ0v) is 14.9. The van der Waals surface area contributed by atoms with Gasteiger partial charge in [0, 0.05) is 17.7 Å². The van der Waals surface area contributed by atoms with Crippen molar-refractivity contribution in [2.24, 2.45) is 0 Å². The van der Waals surface area contributed by atoms with Crippen molar-refractivity contribution in [3.05, 3.63) is 102 Å². The van der Waals surface area contributed by atoms with Gasteiger partial charge in [-0.2, -0.15) is 0 Å². The first-order valence-electron chi connectivity index (χ1n) is 9.26. The van der Waals surface area contributed by atoms with Crippen molar-refractivity contribution < 1.29 is 4.79 Å². The maximum absolute atomic E-state index is 12.9. The molecule has 0 aromatic heterocycles. The van der Waals surface area contributed by atoms with Crippen molar-refractivity contribution in [2.75, 3.05) is 5.32 Å². The fourth-order valence-electron chi connectivity index (χ4n) is 3.96. The summed E-state index contributed by atoms with van der Waals surface area (Å²) < 4.78 is 0. The first-order valence-corrected chi connectivity index (χ1v) is 9.26. The lowest BCUT2D eigenvalue weighted by molar-refractivity contribution is 0.0974. The van der Waals surface area contributed by atoms with E-state index in [2.05, 4.69) is 53.8 Å². The molecule has 0 fully saturated rings. The number of rotatable bonds is 2. The van der Waals surface area contributed by atoms with E-state index in [0.717, 1.165) is 27.6 Å². The Balaban J connectivity index is 1.48. The summed E-state index contributed by atoms with van der Waals surface area (Å²) in [4.78, 5) is 12.9. The third-order valence-electron chi connectivity index (χ3n) is 5.35. The molecule has 1 heterocycles. The highest BCUT2D eigenvalue weighted by Crippen LogP contribution is 2.37. The Morgan fingerprint density at radius 2 is 1.41 bits per heavy atom. The maximum Gasteiger partial charge on any atom is 0.167 e. The summed E-state index contributed by atoms with van der Waals surface area (Å²) in [5, 5.41) is 5.72. The van der Waals surface area contributed by atoms with Gasteiger partial charge in [-0.25, -0.2) is 0 Å². The van der Waals surface area contributed by atoms with Crippen LogP contribution in [-0.4, -0.2) is 5.78 Å². The van der Waals surface area contributed by atoms with Crippen LogP contribution < -0.4 is 5.32 Å². The van der Waals surface area contributed by atoms with Gasteiger partial charge in [-0.05, 0) is 33.5 Å². The Bertz CT molecular complexity index is 1130. The highest BCUT2D eigenvalue weighted by Gasteiger charge is 2.27. The first-order chi connectivity index (χ1) is 13.3. The summed E-state index contributed by atoms with van der Waals surface area (Å²) in [5.41, 5.74) is 5.29. The van der Waals surface area contributed by atoms with Crippen LogP contribution in [0.25, 0.3) is 21.9 Å². The molecule has 2 nitrogen and oxygen atoms in total. The zero-order chi connectivity index (χ0) is 18.2. The van der Waals surface area contributed by atoms with E-state index in [1.165, 1.54) is 11.1 Å². The van der Waals surface area contributed by atoms with Crippen molar-refractivity contribution in [3.8, 4) is 11.1 Å². The summed E-state index contributed by atoms with van der Waals surface area (Å²) in [5.74, 6) is 0.206. The molecule has 0 spiro atoms. The molecule has 1 aliphatic heterocycles. The van der Waals surface area contributed by atoms with Crippen LogP contribution in [0.15, 0.2) is 91.0 Å². The van der Waals surface area contributed by atoms with Gasteiger partial charge in [-0.3, -0.25) is 4.79 Å². The molecule has 0 aliphatic carbocycles. The smallest absolute Gasteiger partial charge is 0.167 e. The highest BCUT2D eigenvalue weighted by molar-refractivity contribution is 6.14. The number of carbonyl (C=O) groups is 1. The molecule has 0 saturated carbocycles. The minimum absolute atomic E-state index is 0.0102. The molecule has 2 heteroatoms. The number of fused-ring (bicyclic) bond motifs is 3. The molecule has 0 saturated heterocycles. The van der Waals surface area contributed by atoms with E-state index in [4.69, 9.17) is 0 Å². The predicted molar refractivity (Wildman–Crippen MR) is 111 cm³/mol. The Morgan fingerprint density at radius 1 is 0.704 bits per heavy atom. The summed E-state index contributed by atoms with van der Waals surface area (Å²) in [7, 11) is 0. The molecule has 1 atom stereocenters. The molecular formula is C25H19NO. The minimum atomic E-state index is 0.0102. The normalized spacial score (nSPS) is 16.0. The minimum Gasteiger partial charge on any atom is -0.377 e. The Kier molecular flexibility index (Phi) is 3.75. The topological polar surface area (TPSA) is 29.1 Å². The molecule has 0 unspecified atom stereocenters. The van der Waals surface area contributed by atoms with E-state index >= 15 is 0 Å². The van der Waals surface area contributed by atoms with E-state index in [1.54, 1.807) is 0 Å². The Hall–Kier alpha value is -3.39. The number of nitrogens with one attached hydrogen (secondary N) is 1. The van der Waals surface area contributed by atoms with Crippen molar-refractivity contribution in [3.63, 3.8) is 0 Å². The van der Waals surface area contributed by atoms with Gasteiger partial charge >= 0.3 is 0 Å². The lowest BCUT2D eigenvalue weighted by Gasteiger charge is -2.27. The molecule has 0 radical (unpaired) electrons. The lowest BCUT2D eigenvalue weighted by Crippen LogP contribution is -2.23. The van der Waals surface area contributed by atoms with Crippen LogP contribution in [0.1, 0.15) is 28.4 Å². The molecule has 5 rings (SSSR count). The fraction of sp³-hybridized carbons (Fsp3) is 0.0800. The maximum atomic E-state index is 12.9. The fourth-order valence-corrected chi connectivity index (χ4v) is 3.96. The molecular weight excluding hydrogens is 330 g/mol. The van der Waals surface area contributed by atoms with Gasteiger partial charge in [-0.1, -0.05) is 84.9 Å². The van der Waals surface area contributed by atoms with Crippen LogP contribution in [-0.2, 0) is 0 Å². The van der Waals surface area contributed by atoms with E-state index < -0.39 is 0 Å². The average Bonchev–Trinajstić information content (AvgIpc) is 2.74. The van der Waals surface area contributed by atoms with E-state index in [-0.39, 0.29) is 11.8 Å². The number of anilines is 1. The van der Waals surface area contributed by atoms with Crippen LogP contribution in [0.3, 0.4) is 0 Å². The average molecular weight is 349 g/mol. The first kappa shape index (κ1) is 15.8. The van der Waals surface area contributed by atoms with Gasteiger partial charge in [0.1, 0.15) is 0 Å². The van der Waals surface area contributed by atoms with Gasteiger partial charge in [-0.15, -0.1) is 0 Å². The van der Waals surface area contributed by atoms with Crippen LogP contribution in [0, 0.1) is 0 Å². The molecule has 4 aromatic rings. The molecule has 1 N–H and O–H groups in total. The van der Waals surface area contributed by atoms with Gasteiger partial charge in [0.05, 0.1) is 6.04 Å². The molecule has 27 heavy (non-hydrogen) atoms. The number of ketones is 1. The summed E-state index contributed by atoms with van der Waals surface area (Å²) in [6.07, 6.45) is 0.478. The molecule has 0 bridgehead atoms. The predicted octanol–water partition coefficient (Wildman–Crippen LogP) is 6.25. The van der Waals surface area contributed by atoms with Crippen LogP contribution in [0.5, 0.6) is 0 Å². The van der Waals surface area contributed by atoms with E-state index in [0.29, 0.717) is 6.42 Å². The summed E-state index contributed by atoms with van der Waals surface area (Å²) >= 11 is 0. The van der Waals surface area contributed by atoms with Crippen molar-refractivity contribution in [1.29, 1.82) is 0 Å². The summed E-state index contributed by atoms with van der Waals surface area (Å²) in [6.45, 7) is 0.